The normalized spacial score (nSPS) is 12.6. The molecule has 102 valence electrons. The highest BCUT2D eigenvalue weighted by Gasteiger charge is 2.11. The van der Waals surface area contributed by atoms with E-state index in [2.05, 4.69) is 64.2 Å². The zero-order chi connectivity index (χ0) is 13.5. The van der Waals surface area contributed by atoms with Crippen molar-refractivity contribution in [2.75, 3.05) is 23.7 Å². The van der Waals surface area contributed by atoms with Gasteiger partial charge in [-0.3, -0.25) is 0 Å². The van der Waals surface area contributed by atoms with Crippen molar-refractivity contribution >= 4 is 27.6 Å². The molecule has 0 aromatic carbocycles. The molecule has 1 aromatic heterocycles. The van der Waals surface area contributed by atoms with E-state index in [1.54, 1.807) is 6.33 Å². The summed E-state index contributed by atoms with van der Waals surface area (Å²) in [6.45, 7) is 10.7. The van der Waals surface area contributed by atoms with E-state index in [0.29, 0.717) is 11.8 Å². The fourth-order valence-corrected chi connectivity index (χ4v) is 1.84. The largest absolute Gasteiger partial charge is 0.369 e. The molecule has 1 rings (SSSR count). The number of halogens is 1. The minimum Gasteiger partial charge on any atom is -0.369 e. The molecule has 0 aliphatic carbocycles. The molecule has 0 aliphatic rings. The third-order valence-corrected chi connectivity index (χ3v) is 3.81. The van der Waals surface area contributed by atoms with Crippen LogP contribution < -0.4 is 10.6 Å². The first-order chi connectivity index (χ1) is 8.56. The topological polar surface area (TPSA) is 49.8 Å². The summed E-state index contributed by atoms with van der Waals surface area (Å²) >= 11 is 3.55. The molecule has 0 radical (unpaired) electrons. The zero-order valence-corrected chi connectivity index (χ0v) is 13.2. The summed E-state index contributed by atoms with van der Waals surface area (Å²) in [6.07, 6.45) is 2.66. The van der Waals surface area contributed by atoms with Crippen LogP contribution in [0, 0.1) is 11.8 Å². The molecule has 0 fully saturated rings. The van der Waals surface area contributed by atoms with Crippen LogP contribution in [0.15, 0.2) is 10.8 Å². The maximum atomic E-state index is 4.27. The van der Waals surface area contributed by atoms with Crippen LogP contribution in [0.1, 0.15) is 34.1 Å². The van der Waals surface area contributed by atoms with Gasteiger partial charge in [0.15, 0.2) is 0 Å². The van der Waals surface area contributed by atoms with E-state index in [-0.39, 0.29) is 0 Å². The van der Waals surface area contributed by atoms with Crippen molar-refractivity contribution in [3.63, 3.8) is 0 Å². The maximum Gasteiger partial charge on any atom is 0.145 e. The molecule has 0 saturated carbocycles. The highest BCUT2D eigenvalue weighted by atomic mass is 79.9. The SMILES string of the molecule is CCCNc1ncnc(NCC(C)C(C)C)c1Br. The van der Waals surface area contributed by atoms with E-state index in [0.717, 1.165) is 35.6 Å². The van der Waals surface area contributed by atoms with Crippen LogP contribution in [0.2, 0.25) is 0 Å². The summed E-state index contributed by atoms with van der Waals surface area (Å²) in [7, 11) is 0. The number of nitrogens with zero attached hydrogens (tertiary/aromatic N) is 2. The van der Waals surface area contributed by atoms with Gasteiger partial charge in [0.1, 0.15) is 22.4 Å². The van der Waals surface area contributed by atoms with Crippen molar-refractivity contribution in [3.8, 4) is 0 Å². The first-order valence-corrected chi connectivity index (χ1v) is 7.33. The molecular formula is C13H23BrN4. The number of nitrogens with one attached hydrogen (secondary N) is 2. The molecule has 0 amide bonds. The van der Waals surface area contributed by atoms with Crippen molar-refractivity contribution in [1.82, 2.24) is 9.97 Å². The van der Waals surface area contributed by atoms with E-state index in [4.69, 9.17) is 0 Å². The van der Waals surface area contributed by atoms with Gasteiger partial charge in [0, 0.05) is 13.1 Å². The molecule has 1 atom stereocenters. The predicted octanol–water partition coefficient (Wildman–Crippen LogP) is 3.77. The summed E-state index contributed by atoms with van der Waals surface area (Å²) in [5.41, 5.74) is 0. The first kappa shape index (κ1) is 15.2. The Labute approximate surface area is 118 Å². The Bertz CT molecular complexity index is 368. The lowest BCUT2D eigenvalue weighted by Gasteiger charge is -2.17. The number of rotatable bonds is 7. The number of anilines is 2. The van der Waals surface area contributed by atoms with Gasteiger partial charge in [0.25, 0.3) is 0 Å². The van der Waals surface area contributed by atoms with Gasteiger partial charge in [-0.1, -0.05) is 27.7 Å². The van der Waals surface area contributed by atoms with Crippen molar-refractivity contribution in [2.45, 2.75) is 34.1 Å². The van der Waals surface area contributed by atoms with Crippen LogP contribution in [-0.4, -0.2) is 23.1 Å². The average molecular weight is 315 g/mol. The van der Waals surface area contributed by atoms with Gasteiger partial charge in [-0.15, -0.1) is 0 Å². The Hall–Kier alpha value is -0.840. The molecule has 1 aromatic rings. The minimum absolute atomic E-state index is 0.610. The van der Waals surface area contributed by atoms with Crippen LogP contribution in [0.5, 0.6) is 0 Å². The number of hydrogen-bond donors (Lipinski definition) is 2. The van der Waals surface area contributed by atoms with E-state index in [1.807, 2.05) is 0 Å². The van der Waals surface area contributed by atoms with E-state index in [9.17, 15) is 0 Å². The third-order valence-electron chi connectivity index (χ3n) is 3.06. The van der Waals surface area contributed by atoms with Crippen LogP contribution >= 0.6 is 15.9 Å². The molecule has 4 nitrogen and oxygen atoms in total. The molecule has 0 aliphatic heterocycles. The van der Waals surface area contributed by atoms with Gasteiger partial charge in [0.05, 0.1) is 0 Å². The number of hydrogen-bond acceptors (Lipinski definition) is 4. The Morgan fingerprint density at radius 2 is 1.78 bits per heavy atom. The van der Waals surface area contributed by atoms with Gasteiger partial charge in [-0.2, -0.15) is 0 Å². The Balaban J connectivity index is 2.65. The molecule has 1 heterocycles. The van der Waals surface area contributed by atoms with Gasteiger partial charge in [-0.05, 0) is 34.2 Å². The van der Waals surface area contributed by atoms with Crippen molar-refractivity contribution < 1.29 is 0 Å². The van der Waals surface area contributed by atoms with E-state index >= 15 is 0 Å². The molecule has 2 N–H and O–H groups in total. The highest BCUT2D eigenvalue weighted by Crippen LogP contribution is 2.26. The fraction of sp³-hybridized carbons (Fsp3) is 0.692. The average Bonchev–Trinajstić information content (AvgIpc) is 2.35. The summed E-state index contributed by atoms with van der Waals surface area (Å²) < 4.78 is 0.911. The quantitative estimate of drug-likeness (QED) is 0.804. The maximum absolute atomic E-state index is 4.27. The van der Waals surface area contributed by atoms with E-state index in [1.165, 1.54) is 0 Å². The lowest BCUT2D eigenvalue weighted by molar-refractivity contribution is 0.439. The molecule has 18 heavy (non-hydrogen) atoms. The van der Waals surface area contributed by atoms with Gasteiger partial charge >= 0.3 is 0 Å². The number of aromatic nitrogens is 2. The Morgan fingerprint density at radius 1 is 1.17 bits per heavy atom. The summed E-state index contributed by atoms with van der Waals surface area (Å²) in [4.78, 5) is 8.50. The second-order valence-electron chi connectivity index (χ2n) is 4.91. The fourth-order valence-electron chi connectivity index (χ4n) is 1.35. The summed E-state index contributed by atoms with van der Waals surface area (Å²) in [6, 6.07) is 0. The molecule has 0 spiro atoms. The van der Waals surface area contributed by atoms with Gasteiger partial charge < -0.3 is 10.6 Å². The Kier molecular flexibility index (Phi) is 6.39. The molecule has 0 saturated heterocycles. The van der Waals surface area contributed by atoms with Gasteiger partial charge in [-0.25, -0.2) is 9.97 Å². The van der Waals surface area contributed by atoms with Crippen LogP contribution in [0.3, 0.4) is 0 Å². The van der Waals surface area contributed by atoms with Crippen molar-refractivity contribution in [3.05, 3.63) is 10.8 Å². The lowest BCUT2D eigenvalue weighted by Crippen LogP contribution is -2.17. The molecule has 1 unspecified atom stereocenters. The Morgan fingerprint density at radius 3 is 2.33 bits per heavy atom. The molecule has 0 bridgehead atoms. The highest BCUT2D eigenvalue weighted by molar-refractivity contribution is 9.10. The van der Waals surface area contributed by atoms with Gasteiger partial charge in [0.2, 0.25) is 0 Å². The van der Waals surface area contributed by atoms with Crippen molar-refractivity contribution in [2.24, 2.45) is 11.8 Å². The predicted molar refractivity (Wildman–Crippen MR) is 81.0 cm³/mol. The summed E-state index contributed by atoms with van der Waals surface area (Å²) in [5.74, 6) is 2.98. The minimum atomic E-state index is 0.610. The van der Waals surface area contributed by atoms with Crippen molar-refractivity contribution in [1.29, 1.82) is 0 Å². The van der Waals surface area contributed by atoms with Crippen LogP contribution in [0.25, 0.3) is 0 Å². The van der Waals surface area contributed by atoms with E-state index < -0.39 is 0 Å². The van der Waals surface area contributed by atoms with Crippen LogP contribution in [-0.2, 0) is 0 Å². The smallest absolute Gasteiger partial charge is 0.145 e. The first-order valence-electron chi connectivity index (χ1n) is 6.54. The third kappa shape index (κ3) is 4.44. The summed E-state index contributed by atoms with van der Waals surface area (Å²) in [5, 5.41) is 6.65. The standard InChI is InChI=1S/C13H23BrN4/c1-5-6-15-12-11(14)13(18-8-17-12)16-7-10(4)9(2)3/h8-10H,5-7H2,1-4H3,(H2,15,16,17,18). The zero-order valence-electron chi connectivity index (χ0n) is 11.6. The second kappa shape index (κ2) is 7.56. The molecule has 5 heteroatoms. The lowest BCUT2D eigenvalue weighted by atomic mass is 9.98. The monoisotopic (exact) mass is 314 g/mol. The second-order valence-corrected chi connectivity index (χ2v) is 5.71. The molecular weight excluding hydrogens is 292 g/mol. The van der Waals surface area contributed by atoms with Crippen LogP contribution in [0.4, 0.5) is 11.6 Å².